The minimum absolute atomic E-state index is 0.130. The van der Waals surface area contributed by atoms with E-state index in [-0.39, 0.29) is 24.0 Å². The van der Waals surface area contributed by atoms with E-state index in [1.807, 2.05) is 0 Å². The van der Waals surface area contributed by atoms with Gasteiger partial charge >= 0.3 is 6.18 Å². The summed E-state index contributed by atoms with van der Waals surface area (Å²) in [7, 11) is 0. The molecule has 1 saturated heterocycles. The summed E-state index contributed by atoms with van der Waals surface area (Å²) < 4.78 is 37.7. The second kappa shape index (κ2) is 4.56. The Labute approximate surface area is 107 Å². The molecule has 0 saturated carbocycles. The Morgan fingerprint density at radius 3 is 2.67 bits per heavy atom. The van der Waals surface area contributed by atoms with Gasteiger partial charge in [0.15, 0.2) is 5.11 Å². The molecule has 1 heterocycles. The van der Waals surface area contributed by atoms with Crippen LogP contribution in [0, 0.1) is 0 Å². The summed E-state index contributed by atoms with van der Waals surface area (Å²) in [5, 5.41) is 2.55. The SMILES string of the molecule is O=C1CCN(c2cccc(C(F)(F)F)c2)C(=S)N1. The monoisotopic (exact) mass is 274 g/mol. The lowest BCUT2D eigenvalue weighted by molar-refractivity contribution is -0.137. The van der Waals surface area contributed by atoms with Crippen LogP contribution < -0.4 is 10.2 Å². The normalized spacial score (nSPS) is 16.7. The van der Waals surface area contributed by atoms with Gasteiger partial charge in [0.2, 0.25) is 5.91 Å². The molecule has 2 rings (SSSR count). The van der Waals surface area contributed by atoms with Gasteiger partial charge in [0.25, 0.3) is 0 Å². The molecule has 0 radical (unpaired) electrons. The van der Waals surface area contributed by atoms with Crippen molar-refractivity contribution in [1.29, 1.82) is 0 Å². The number of nitrogens with one attached hydrogen (secondary N) is 1. The van der Waals surface area contributed by atoms with E-state index in [9.17, 15) is 18.0 Å². The predicted molar refractivity (Wildman–Crippen MR) is 64.1 cm³/mol. The zero-order valence-electron chi connectivity index (χ0n) is 9.12. The first kappa shape index (κ1) is 12.8. The molecule has 0 spiro atoms. The first-order valence-corrected chi connectivity index (χ1v) is 5.57. The third-order valence-corrected chi connectivity index (χ3v) is 2.86. The van der Waals surface area contributed by atoms with Crippen LogP contribution in [-0.2, 0) is 11.0 Å². The fourth-order valence-electron chi connectivity index (χ4n) is 1.66. The van der Waals surface area contributed by atoms with Crippen LogP contribution in [0.3, 0.4) is 0 Å². The Balaban J connectivity index is 2.29. The fraction of sp³-hybridized carbons (Fsp3) is 0.273. The number of thiocarbonyl (C=S) groups is 1. The van der Waals surface area contributed by atoms with Gasteiger partial charge in [-0.3, -0.25) is 4.79 Å². The Morgan fingerprint density at radius 2 is 2.06 bits per heavy atom. The van der Waals surface area contributed by atoms with Crippen LogP contribution in [0.4, 0.5) is 18.9 Å². The summed E-state index contributed by atoms with van der Waals surface area (Å²) in [6.45, 7) is 0.284. The molecule has 1 fully saturated rings. The van der Waals surface area contributed by atoms with Crippen LogP contribution in [0.15, 0.2) is 24.3 Å². The van der Waals surface area contributed by atoms with Gasteiger partial charge in [-0.05, 0) is 30.4 Å². The molecule has 1 aromatic carbocycles. The molecule has 96 valence electrons. The van der Waals surface area contributed by atoms with Crippen molar-refractivity contribution < 1.29 is 18.0 Å². The molecule has 0 aliphatic carbocycles. The van der Waals surface area contributed by atoms with Gasteiger partial charge in [-0.15, -0.1) is 0 Å². The molecule has 0 bridgehead atoms. The molecule has 1 aliphatic rings. The van der Waals surface area contributed by atoms with E-state index in [1.54, 1.807) is 0 Å². The van der Waals surface area contributed by atoms with Gasteiger partial charge in [0.1, 0.15) is 0 Å². The van der Waals surface area contributed by atoms with Crippen LogP contribution >= 0.6 is 12.2 Å². The number of halogens is 3. The van der Waals surface area contributed by atoms with E-state index in [2.05, 4.69) is 5.32 Å². The third kappa shape index (κ3) is 2.61. The lowest BCUT2D eigenvalue weighted by atomic mass is 10.1. The Morgan fingerprint density at radius 1 is 1.33 bits per heavy atom. The van der Waals surface area contributed by atoms with Gasteiger partial charge in [0.05, 0.1) is 5.56 Å². The number of amides is 1. The summed E-state index contributed by atoms with van der Waals surface area (Å²) in [5.41, 5.74) is -0.408. The van der Waals surface area contributed by atoms with Crippen molar-refractivity contribution >= 4 is 28.9 Å². The number of rotatable bonds is 1. The lowest BCUT2D eigenvalue weighted by Crippen LogP contribution is -2.49. The van der Waals surface area contributed by atoms with E-state index in [4.69, 9.17) is 12.2 Å². The zero-order valence-corrected chi connectivity index (χ0v) is 9.94. The maximum atomic E-state index is 12.6. The highest BCUT2D eigenvalue weighted by molar-refractivity contribution is 7.80. The number of hydrogen-bond donors (Lipinski definition) is 1. The van der Waals surface area contributed by atoms with E-state index in [1.165, 1.54) is 17.0 Å². The maximum absolute atomic E-state index is 12.6. The van der Waals surface area contributed by atoms with Gasteiger partial charge in [-0.25, -0.2) is 0 Å². The fourth-order valence-corrected chi connectivity index (χ4v) is 1.97. The van der Waals surface area contributed by atoms with Crippen molar-refractivity contribution in [3.8, 4) is 0 Å². The molecule has 1 aliphatic heterocycles. The first-order valence-electron chi connectivity index (χ1n) is 5.16. The molecule has 3 nitrogen and oxygen atoms in total. The van der Waals surface area contributed by atoms with Crippen molar-refractivity contribution in [1.82, 2.24) is 5.32 Å². The van der Waals surface area contributed by atoms with Crippen LogP contribution in [0.5, 0.6) is 0 Å². The van der Waals surface area contributed by atoms with Crippen molar-refractivity contribution in [2.75, 3.05) is 11.4 Å². The molecule has 0 atom stereocenters. The molecule has 0 unspecified atom stereocenters. The Bertz CT molecular complexity index is 501. The standard InChI is InChI=1S/C11H9F3N2OS/c12-11(13,14)7-2-1-3-8(6-7)16-5-4-9(17)15-10(16)18/h1-3,6H,4-5H2,(H,15,17,18). The molecule has 1 N–H and O–H groups in total. The summed E-state index contributed by atoms with van der Waals surface area (Å²) in [6.07, 6.45) is -4.19. The number of carbonyl (C=O) groups excluding carboxylic acids is 1. The molecule has 0 aromatic heterocycles. The van der Waals surface area contributed by atoms with Crippen LogP contribution in [0.1, 0.15) is 12.0 Å². The highest BCUT2D eigenvalue weighted by atomic mass is 32.1. The second-order valence-corrected chi connectivity index (χ2v) is 4.19. The third-order valence-electron chi connectivity index (χ3n) is 2.54. The van der Waals surface area contributed by atoms with Crippen molar-refractivity contribution in [3.63, 3.8) is 0 Å². The average molecular weight is 274 g/mol. The first-order chi connectivity index (χ1) is 8.38. The van der Waals surface area contributed by atoms with Gasteiger partial charge in [-0.2, -0.15) is 13.2 Å². The van der Waals surface area contributed by atoms with Gasteiger partial charge in [-0.1, -0.05) is 6.07 Å². The van der Waals surface area contributed by atoms with E-state index in [0.29, 0.717) is 5.69 Å². The van der Waals surface area contributed by atoms with Gasteiger partial charge in [0, 0.05) is 18.7 Å². The second-order valence-electron chi connectivity index (χ2n) is 3.80. The number of carbonyl (C=O) groups is 1. The lowest BCUT2D eigenvalue weighted by Gasteiger charge is -2.29. The number of benzene rings is 1. The molecular weight excluding hydrogens is 265 g/mol. The van der Waals surface area contributed by atoms with E-state index >= 15 is 0 Å². The minimum atomic E-state index is -4.39. The molecule has 7 heteroatoms. The largest absolute Gasteiger partial charge is 0.416 e. The zero-order chi connectivity index (χ0) is 13.3. The van der Waals surface area contributed by atoms with Crippen LogP contribution in [0.2, 0.25) is 0 Å². The molecule has 1 amide bonds. The van der Waals surface area contributed by atoms with Crippen LogP contribution in [-0.4, -0.2) is 17.6 Å². The number of anilines is 1. The smallest absolute Gasteiger partial charge is 0.318 e. The topological polar surface area (TPSA) is 32.3 Å². The van der Waals surface area contributed by atoms with Gasteiger partial charge < -0.3 is 10.2 Å². The minimum Gasteiger partial charge on any atom is -0.318 e. The molecule has 1 aromatic rings. The highest BCUT2D eigenvalue weighted by Crippen LogP contribution is 2.31. The number of nitrogens with zero attached hydrogens (tertiary/aromatic N) is 1. The maximum Gasteiger partial charge on any atom is 0.416 e. The number of alkyl halides is 3. The van der Waals surface area contributed by atoms with E-state index in [0.717, 1.165) is 12.1 Å². The van der Waals surface area contributed by atoms with Crippen LogP contribution in [0.25, 0.3) is 0 Å². The predicted octanol–water partition coefficient (Wildman–Crippen LogP) is 2.32. The summed E-state index contributed by atoms with van der Waals surface area (Å²) in [6, 6.07) is 4.86. The van der Waals surface area contributed by atoms with Crippen molar-refractivity contribution in [2.24, 2.45) is 0 Å². The van der Waals surface area contributed by atoms with Crippen molar-refractivity contribution in [3.05, 3.63) is 29.8 Å². The molecular formula is C11H9F3N2OS. The summed E-state index contributed by atoms with van der Waals surface area (Å²) in [5.74, 6) is -0.219. The molecule has 18 heavy (non-hydrogen) atoms. The number of hydrogen-bond acceptors (Lipinski definition) is 2. The summed E-state index contributed by atoms with van der Waals surface area (Å²) in [4.78, 5) is 12.5. The highest BCUT2D eigenvalue weighted by Gasteiger charge is 2.31. The Kier molecular flexibility index (Phi) is 3.25. The quantitative estimate of drug-likeness (QED) is 0.798. The Hall–Kier alpha value is -1.63. The van der Waals surface area contributed by atoms with E-state index < -0.39 is 11.7 Å². The van der Waals surface area contributed by atoms with Crippen molar-refractivity contribution in [2.45, 2.75) is 12.6 Å². The summed E-state index contributed by atoms with van der Waals surface area (Å²) >= 11 is 4.94. The average Bonchev–Trinajstić information content (AvgIpc) is 2.28.